The molecule has 1 amide bonds. The number of amides is 1. The molecule has 0 aliphatic heterocycles. The number of esters is 1. The monoisotopic (exact) mass is 561 g/mol. The van der Waals surface area contributed by atoms with Crippen LogP contribution in [0.15, 0.2) is 15.9 Å². The minimum Gasteiger partial charge on any atom is -0.461 e. The first kappa shape index (κ1) is 33.3. The number of carbonyl (C=O) groups excluding carboxylic acids is 2. The Morgan fingerprint density at radius 1 is 0.900 bits per heavy atom. The zero-order valence-corrected chi connectivity index (χ0v) is 25.5. The highest BCUT2D eigenvalue weighted by molar-refractivity contribution is 5.73. The van der Waals surface area contributed by atoms with Crippen LogP contribution in [0.3, 0.4) is 0 Å². The van der Waals surface area contributed by atoms with Crippen molar-refractivity contribution < 1.29 is 14.3 Å². The van der Waals surface area contributed by atoms with E-state index in [9.17, 15) is 19.2 Å². The van der Waals surface area contributed by atoms with Gasteiger partial charge >= 0.3 is 11.7 Å². The maximum Gasteiger partial charge on any atom is 0.332 e. The van der Waals surface area contributed by atoms with Crippen molar-refractivity contribution in [1.82, 2.24) is 23.6 Å². The van der Waals surface area contributed by atoms with Crippen molar-refractivity contribution in [2.45, 2.75) is 123 Å². The van der Waals surface area contributed by atoms with E-state index in [1.54, 1.807) is 31.9 Å². The summed E-state index contributed by atoms with van der Waals surface area (Å²) in [5.74, 6) is -0.268. The molecule has 2 aromatic heterocycles. The van der Waals surface area contributed by atoms with Crippen LogP contribution in [0.5, 0.6) is 0 Å². The van der Waals surface area contributed by atoms with Crippen molar-refractivity contribution in [3.8, 4) is 0 Å². The molecule has 0 bridgehead atoms. The molecule has 10 nitrogen and oxygen atoms in total. The van der Waals surface area contributed by atoms with E-state index < -0.39 is 0 Å². The number of nitrogens with zero attached hydrogens (tertiary/aromatic N) is 5. The smallest absolute Gasteiger partial charge is 0.332 e. The highest BCUT2D eigenvalue weighted by Gasteiger charge is 2.19. The van der Waals surface area contributed by atoms with Gasteiger partial charge in [-0.05, 0) is 25.7 Å². The summed E-state index contributed by atoms with van der Waals surface area (Å²) in [7, 11) is 3.41. The van der Waals surface area contributed by atoms with Crippen LogP contribution in [0.25, 0.3) is 11.2 Å². The van der Waals surface area contributed by atoms with Crippen LogP contribution >= 0.6 is 0 Å². The number of ether oxygens (including phenoxy) is 1. The average molecular weight is 562 g/mol. The van der Waals surface area contributed by atoms with E-state index in [0.717, 1.165) is 64.2 Å². The lowest BCUT2D eigenvalue weighted by Crippen LogP contribution is -2.39. The van der Waals surface area contributed by atoms with Crippen molar-refractivity contribution >= 4 is 23.0 Å². The number of aryl methyl sites for hydroxylation is 2. The fourth-order valence-electron chi connectivity index (χ4n) is 5.25. The summed E-state index contributed by atoms with van der Waals surface area (Å²) >= 11 is 0. The summed E-state index contributed by atoms with van der Waals surface area (Å²) < 4.78 is 9.97. The standard InChI is InChI=1S/C30H51N5O5/c1-6-7-8-9-14-17-20-34(24(2)36)22-26(40-25(3)37)19-16-13-11-10-12-15-18-21-35-29(38)27-28(31-23-32(27)4)33(5)30(35)39/h23,26H,6-22H2,1-5H3. The Hall–Kier alpha value is -2.91. The molecule has 0 saturated heterocycles. The van der Waals surface area contributed by atoms with Gasteiger partial charge in [0.2, 0.25) is 5.91 Å². The normalized spacial score (nSPS) is 12.1. The third-order valence-electron chi connectivity index (χ3n) is 7.59. The Bertz CT molecular complexity index is 1180. The second kappa shape index (κ2) is 17.7. The summed E-state index contributed by atoms with van der Waals surface area (Å²) in [4.78, 5) is 55.2. The highest BCUT2D eigenvalue weighted by Crippen LogP contribution is 2.14. The van der Waals surface area contributed by atoms with E-state index in [0.29, 0.717) is 30.8 Å². The number of hydrogen-bond acceptors (Lipinski definition) is 6. The number of fused-ring (bicyclic) bond motifs is 1. The number of unbranched alkanes of at least 4 members (excludes halogenated alkanes) is 11. The van der Waals surface area contributed by atoms with Gasteiger partial charge in [-0.2, -0.15) is 0 Å². The molecule has 1 atom stereocenters. The third kappa shape index (κ3) is 10.6. The van der Waals surface area contributed by atoms with Crippen molar-refractivity contribution in [2.24, 2.45) is 14.1 Å². The molecular weight excluding hydrogens is 510 g/mol. The van der Waals surface area contributed by atoms with Crippen LogP contribution in [-0.2, 0) is 35.0 Å². The fourth-order valence-corrected chi connectivity index (χ4v) is 5.25. The second-order valence-electron chi connectivity index (χ2n) is 11.1. The molecule has 0 aliphatic rings. The molecule has 2 aromatic rings. The van der Waals surface area contributed by atoms with Crippen LogP contribution < -0.4 is 11.2 Å². The first-order valence-electron chi connectivity index (χ1n) is 15.2. The van der Waals surface area contributed by atoms with Crippen LogP contribution in [0.4, 0.5) is 0 Å². The summed E-state index contributed by atoms with van der Waals surface area (Å²) in [5, 5.41) is 0. The van der Waals surface area contributed by atoms with E-state index in [-0.39, 0.29) is 29.2 Å². The van der Waals surface area contributed by atoms with Gasteiger partial charge in [0.25, 0.3) is 5.56 Å². The largest absolute Gasteiger partial charge is 0.461 e. The molecule has 1 unspecified atom stereocenters. The van der Waals surface area contributed by atoms with Gasteiger partial charge in [-0.3, -0.25) is 23.5 Å². The Labute approximate surface area is 238 Å². The Morgan fingerprint density at radius 3 is 2.12 bits per heavy atom. The highest BCUT2D eigenvalue weighted by atomic mass is 16.5. The lowest BCUT2D eigenvalue weighted by atomic mass is 10.1. The van der Waals surface area contributed by atoms with E-state index >= 15 is 0 Å². The van der Waals surface area contributed by atoms with Gasteiger partial charge in [0.05, 0.1) is 12.9 Å². The molecule has 0 spiro atoms. The zero-order chi connectivity index (χ0) is 29.5. The Balaban J connectivity index is 1.68. The van der Waals surface area contributed by atoms with E-state index in [2.05, 4.69) is 11.9 Å². The maximum absolute atomic E-state index is 12.8. The molecule has 0 saturated carbocycles. The Kier molecular flexibility index (Phi) is 14.7. The molecule has 10 heteroatoms. The number of rotatable bonds is 20. The SMILES string of the molecule is CCCCCCCCN(CC(CCCCCCCCCn1c(=O)c2c(ncn2C)n(C)c1=O)OC(C)=O)C(C)=O. The Morgan fingerprint density at radius 2 is 1.50 bits per heavy atom. The third-order valence-corrected chi connectivity index (χ3v) is 7.59. The summed E-state index contributed by atoms with van der Waals surface area (Å²) in [6, 6.07) is 0. The minimum atomic E-state index is -0.325. The van der Waals surface area contributed by atoms with Crippen molar-refractivity contribution in [3.05, 3.63) is 27.2 Å². The van der Waals surface area contributed by atoms with Crippen LogP contribution in [0, 0.1) is 0 Å². The van der Waals surface area contributed by atoms with Gasteiger partial charge in [-0.25, -0.2) is 9.78 Å². The van der Waals surface area contributed by atoms with Gasteiger partial charge in [0.15, 0.2) is 11.2 Å². The predicted molar refractivity (Wildman–Crippen MR) is 158 cm³/mol. The predicted octanol–water partition coefficient (Wildman–Crippen LogP) is 4.70. The van der Waals surface area contributed by atoms with E-state index in [4.69, 9.17) is 4.74 Å². The van der Waals surface area contributed by atoms with Gasteiger partial charge in [0, 0.05) is 41.0 Å². The van der Waals surface area contributed by atoms with Crippen LogP contribution in [-0.4, -0.2) is 54.7 Å². The quantitative estimate of drug-likeness (QED) is 0.171. The van der Waals surface area contributed by atoms with Gasteiger partial charge in [-0.1, -0.05) is 71.1 Å². The number of carbonyl (C=O) groups is 2. The fraction of sp³-hybridized carbons (Fsp3) is 0.767. The van der Waals surface area contributed by atoms with Crippen molar-refractivity contribution in [2.75, 3.05) is 13.1 Å². The molecule has 0 aromatic carbocycles. The second-order valence-corrected chi connectivity index (χ2v) is 11.1. The van der Waals surface area contributed by atoms with Crippen LogP contribution in [0.2, 0.25) is 0 Å². The molecule has 2 rings (SSSR count). The molecular formula is C30H51N5O5. The molecule has 0 N–H and O–H groups in total. The van der Waals surface area contributed by atoms with Gasteiger partial charge in [0.1, 0.15) is 6.10 Å². The summed E-state index contributed by atoms with van der Waals surface area (Å²) in [6.07, 6.45) is 15.9. The summed E-state index contributed by atoms with van der Waals surface area (Å²) in [6.45, 7) is 6.81. The zero-order valence-electron chi connectivity index (χ0n) is 25.5. The first-order valence-corrected chi connectivity index (χ1v) is 15.2. The minimum absolute atomic E-state index is 0.0334. The molecule has 0 radical (unpaired) electrons. The first-order chi connectivity index (χ1) is 19.2. The topological polar surface area (TPSA) is 108 Å². The van der Waals surface area contributed by atoms with Gasteiger partial charge in [-0.15, -0.1) is 0 Å². The van der Waals surface area contributed by atoms with E-state index in [1.807, 2.05) is 4.90 Å². The number of aromatic nitrogens is 4. The molecule has 0 fully saturated rings. The van der Waals surface area contributed by atoms with Gasteiger partial charge < -0.3 is 14.2 Å². The van der Waals surface area contributed by atoms with Crippen molar-refractivity contribution in [3.63, 3.8) is 0 Å². The summed E-state index contributed by atoms with van der Waals surface area (Å²) in [5.41, 5.74) is 0.254. The van der Waals surface area contributed by atoms with E-state index in [1.165, 1.54) is 41.7 Å². The van der Waals surface area contributed by atoms with Crippen LogP contribution in [0.1, 0.15) is 111 Å². The molecule has 0 aliphatic carbocycles. The molecule has 40 heavy (non-hydrogen) atoms. The average Bonchev–Trinajstić information content (AvgIpc) is 3.30. The number of hydrogen-bond donors (Lipinski definition) is 0. The maximum atomic E-state index is 12.8. The molecule has 2 heterocycles. The number of imidazole rings is 1. The van der Waals surface area contributed by atoms with Crippen molar-refractivity contribution in [1.29, 1.82) is 0 Å². The lowest BCUT2D eigenvalue weighted by molar-refractivity contribution is -0.149. The lowest BCUT2D eigenvalue weighted by Gasteiger charge is -2.26. The molecule has 226 valence electrons.